The van der Waals surface area contributed by atoms with Gasteiger partial charge in [0, 0.05) is 18.4 Å². The molecule has 4 heteroatoms. The van der Waals surface area contributed by atoms with Crippen LogP contribution >= 0.6 is 0 Å². The third-order valence-corrected chi connectivity index (χ3v) is 3.32. The van der Waals surface area contributed by atoms with Gasteiger partial charge in [0.25, 0.3) is 0 Å². The van der Waals surface area contributed by atoms with Crippen molar-refractivity contribution in [3.05, 3.63) is 24.0 Å². The van der Waals surface area contributed by atoms with Gasteiger partial charge in [0.15, 0.2) is 5.78 Å². The summed E-state index contributed by atoms with van der Waals surface area (Å²) in [4.78, 5) is 16.6. The number of aromatic nitrogens is 1. The Morgan fingerprint density at radius 3 is 3.00 bits per heavy atom. The zero-order chi connectivity index (χ0) is 13.8. The third kappa shape index (κ3) is 3.32. The minimum Gasteiger partial charge on any atom is -0.489 e. The van der Waals surface area contributed by atoms with Crippen molar-refractivity contribution in [2.24, 2.45) is 5.92 Å². The van der Waals surface area contributed by atoms with E-state index in [4.69, 9.17) is 9.47 Å². The molecule has 1 aliphatic heterocycles. The SMILES string of the molecule is CCC1OCCC1C(=O)c1cncc(OC(C)C)c1. The molecule has 0 radical (unpaired) electrons. The Balaban J connectivity index is 2.14. The summed E-state index contributed by atoms with van der Waals surface area (Å²) in [6, 6.07) is 1.78. The van der Waals surface area contributed by atoms with Gasteiger partial charge in [0.1, 0.15) is 5.75 Å². The zero-order valence-electron chi connectivity index (χ0n) is 11.8. The van der Waals surface area contributed by atoms with Crippen LogP contribution in [0.15, 0.2) is 18.5 Å². The molecule has 1 aromatic heterocycles. The van der Waals surface area contributed by atoms with Crippen molar-refractivity contribution in [3.63, 3.8) is 0 Å². The van der Waals surface area contributed by atoms with Gasteiger partial charge in [-0.1, -0.05) is 6.92 Å². The van der Waals surface area contributed by atoms with E-state index in [1.807, 2.05) is 20.8 Å². The second-order valence-electron chi connectivity index (χ2n) is 5.15. The Morgan fingerprint density at radius 2 is 2.32 bits per heavy atom. The van der Waals surface area contributed by atoms with E-state index >= 15 is 0 Å². The van der Waals surface area contributed by atoms with Gasteiger partial charge in [-0.15, -0.1) is 0 Å². The Labute approximate surface area is 114 Å². The van der Waals surface area contributed by atoms with Gasteiger partial charge in [0.05, 0.1) is 24.3 Å². The molecule has 0 aliphatic carbocycles. The molecule has 2 rings (SSSR count). The largest absolute Gasteiger partial charge is 0.489 e. The summed E-state index contributed by atoms with van der Waals surface area (Å²) in [7, 11) is 0. The number of carbonyl (C=O) groups excluding carboxylic acids is 1. The number of hydrogen-bond acceptors (Lipinski definition) is 4. The first-order valence-electron chi connectivity index (χ1n) is 6.89. The fourth-order valence-corrected chi connectivity index (χ4v) is 2.45. The van der Waals surface area contributed by atoms with Crippen molar-refractivity contribution in [2.45, 2.75) is 45.8 Å². The van der Waals surface area contributed by atoms with E-state index in [2.05, 4.69) is 4.98 Å². The van der Waals surface area contributed by atoms with Crippen molar-refractivity contribution in [2.75, 3.05) is 6.61 Å². The minimum atomic E-state index is -0.0406. The second kappa shape index (κ2) is 6.15. The maximum atomic E-state index is 12.5. The third-order valence-electron chi connectivity index (χ3n) is 3.32. The molecular formula is C15H21NO3. The van der Waals surface area contributed by atoms with Crippen molar-refractivity contribution < 1.29 is 14.3 Å². The first kappa shape index (κ1) is 14.0. The van der Waals surface area contributed by atoms with Crippen LogP contribution in [0.2, 0.25) is 0 Å². The highest BCUT2D eigenvalue weighted by Gasteiger charge is 2.33. The molecule has 0 aromatic carbocycles. The van der Waals surface area contributed by atoms with Gasteiger partial charge in [-0.2, -0.15) is 0 Å². The number of ether oxygens (including phenoxy) is 2. The quantitative estimate of drug-likeness (QED) is 0.766. The number of pyridine rings is 1. The van der Waals surface area contributed by atoms with Gasteiger partial charge in [0.2, 0.25) is 0 Å². The summed E-state index contributed by atoms with van der Waals surface area (Å²) in [5.41, 5.74) is 0.618. The summed E-state index contributed by atoms with van der Waals surface area (Å²) < 4.78 is 11.2. The molecule has 0 bridgehead atoms. The Morgan fingerprint density at radius 1 is 1.53 bits per heavy atom. The van der Waals surface area contributed by atoms with E-state index < -0.39 is 0 Å². The van der Waals surface area contributed by atoms with Crippen molar-refractivity contribution in [1.29, 1.82) is 0 Å². The van der Waals surface area contributed by atoms with Gasteiger partial charge >= 0.3 is 0 Å². The van der Waals surface area contributed by atoms with Crippen molar-refractivity contribution in [3.8, 4) is 5.75 Å². The average Bonchev–Trinajstić information content (AvgIpc) is 2.85. The summed E-state index contributed by atoms with van der Waals surface area (Å²) in [5.74, 6) is 0.722. The topological polar surface area (TPSA) is 48.4 Å². The lowest BCUT2D eigenvalue weighted by Crippen LogP contribution is -2.24. The molecule has 104 valence electrons. The monoisotopic (exact) mass is 263 g/mol. The Kier molecular flexibility index (Phi) is 4.53. The average molecular weight is 263 g/mol. The molecule has 2 atom stereocenters. The van der Waals surface area contributed by atoms with Crippen LogP contribution < -0.4 is 4.74 Å². The van der Waals surface area contributed by atoms with Crippen LogP contribution in [0, 0.1) is 5.92 Å². The molecule has 0 spiro atoms. The van der Waals surface area contributed by atoms with Gasteiger partial charge in [-0.3, -0.25) is 9.78 Å². The van der Waals surface area contributed by atoms with Crippen LogP contribution in [0.1, 0.15) is 44.0 Å². The standard InChI is InChI=1S/C15H21NO3/c1-4-14-13(5-6-18-14)15(17)11-7-12(9-16-8-11)19-10(2)3/h7-10,13-14H,4-6H2,1-3H3. The molecule has 0 amide bonds. The second-order valence-corrected chi connectivity index (χ2v) is 5.15. The number of rotatable bonds is 5. The summed E-state index contributed by atoms with van der Waals surface area (Å²) in [5, 5.41) is 0. The van der Waals surface area contributed by atoms with Crippen LogP contribution in [0.4, 0.5) is 0 Å². The number of nitrogens with zero attached hydrogens (tertiary/aromatic N) is 1. The zero-order valence-corrected chi connectivity index (χ0v) is 11.8. The minimum absolute atomic E-state index is 0.0406. The van der Waals surface area contributed by atoms with Crippen LogP contribution in [0.25, 0.3) is 0 Å². The van der Waals surface area contributed by atoms with Gasteiger partial charge < -0.3 is 9.47 Å². The molecule has 1 aromatic rings. The molecule has 1 saturated heterocycles. The highest BCUT2D eigenvalue weighted by molar-refractivity contribution is 5.98. The molecule has 19 heavy (non-hydrogen) atoms. The van der Waals surface area contributed by atoms with Gasteiger partial charge in [-0.05, 0) is 32.8 Å². The number of carbonyl (C=O) groups is 1. The molecule has 1 aliphatic rings. The van der Waals surface area contributed by atoms with E-state index in [1.165, 1.54) is 0 Å². The summed E-state index contributed by atoms with van der Waals surface area (Å²) in [6.45, 7) is 6.62. The molecule has 1 fully saturated rings. The van der Waals surface area contributed by atoms with Crippen molar-refractivity contribution >= 4 is 5.78 Å². The molecular weight excluding hydrogens is 242 g/mol. The lowest BCUT2D eigenvalue weighted by atomic mass is 9.91. The Hall–Kier alpha value is -1.42. The number of Topliss-reactive ketones (excluding diaryl/α,β-unsaturated/α-hetero) is 1. The maximum absolute atomic E-state index is 12.5. The highest BCUT2D eigenvalue weighted by atomic mass is 16.5. The Bertz CT molecular complexity index is 445. The predicted octanol–water partition coefficient (Wildman–Crippen LogP) is 2.87. The predicted molar refractivity (Wildman–Crippen MR) is 72.5 cm³/mol. The van der Waals surface area contributed by atoms with Gasteiger partial charge in [-0.25, -0.2) is 0 Å². The molecule has 2 heterocycles. The fourth-order valence-electron chi connectivity index (χ4n) is 2.45. The van der Waals surface area contributed by atoms with E-state index in [0.29, 0.717) is 17.9 Å². The smallest absolute Gasteiger partial charge is 0.170 e. The van der Waals surface area contributed by atoms with Crippen LogP contribution in [0.5, 0.6) is 5.75 Å². The molecule has 0 saturated carbocycles. The first-order valence-corrected chi connectivity index (χ1v) is 6.89. The molecule has 0 N–H and O–H groups in total. The van der Waals surface area contributed by atoms with E-state index in [-0.39, 0.29) is 23.9 Å². The highest BCUT2D eigenvalue weighted by Crippen LogP contribution is 2.27. The van der Waals surface area contributed by atoms with E-state index in [0.717, 1.165) is 12.8 Å². The normalized spacial score (nSPS) is 22.7. The van der Waals surface area contributed by atoms with E-state index in [9.17, 15) is 4.79 Å². The molecule has 2 unspecified atom stereocenters. The maximum Gasteiger partial charge on any atom is 0.170 e. The summed E-state index contributed by atoms with van der Waals surface area (Å²) >= 11 is 0. The lowest BCUT2D eigenvalue weighted by Gasteiger charge is -2.16. The van der Waals surface area contributed by atoms with Crippen LogP contribution in [-0.2, 0) is 4.74 Å². The van der Waals surface area contributed by atoms with Crippen molar-refractivity contribution in [1.82, 2.24) is 4.98 Å². The fraction of sp³-hybridized carbons (Fsp3) is 0.600. The first-order chi connectivity index (χ1) is 9.11. The van der Waals surface area contributed by atoms with Crippen LogP contribution in [-0.4, -0.2) is 29.6 Å². The molecule has 4 nitrogen and oxygen atoms in total. The van der Waals surface area contributed by atoms with Crippen LogP contribution in [0.3, 0.4) is 0 Å². The number of ketones is 1. The number of hydrogen-bond donors (Lipinski definition) is 0. The summed E-state index contributed by atoms with van der Waals surface area (Å²) in [6.07, 6.45) is 5.03. The lowest BCUT2D eigenvalue weighted by molar-refractivity contribution is 0.0688. The van der Waals surface area contributed by atoms with E-state index in [1.54, 1.807) is 18.5 Å².